The van der Waals surface area contributed by atoms with Crippen LogP contribution < -0.4 is 4.74 Å². The van der Waals surface area contributed by atoms with Crippen LogP contribution >= 0.6 is 0 Å². The van der Waals surface area contributed by atoms with Gasteiger partial charge in [-0.2, -0.15) is 0 Å². The Kier molecular flexibility index (Phi) is 4.77. The van der Waals surface area contributed by atoms with Crippen molar-refractivity contribution in [3.05, 3.63) is 42.0 Å². The summed E-state index contributed by atoms with van der Waals surface area (Å²) < 4.78 is 15.0. The summed E-state index contributed by atoms with van der Waals surface area (Å²) >= 11 is 0. The maximum Gasteiger partial charge on any atom is 0.513 e. The molecule has 2 aromatic carbocycles. The Morgan fingerprint density at radius 2 is 1.62 bits per heavy atom. The third-order valence-corrected chi connectivity index (χ3v) is 2.82. The van der Waals surface area contributed by atoms with E-state index in [0.717, 1.165) is 5.39 Å². The lowest BCUT2D eigenvalue weighted by atomic mass is 10.0. The molecule has 0 aliphatic rings. The fourth-order valence-corrected chi connectivity index (χ4v) is 2.01. The Morgan fingerprint density at radius 1 is 0.952 bits per heavy atom. The SMILES string of the molecule is CCOC(=O)Oc1cccc2cccc(C(=O)OCC)c12. The normalized spacial score (nSPS) is 10.2. The molecular formula is C16H16O5. The van der Waals surface area contributed by atoms with Gasteiger partial charge in [-0.05, 0) is 31.4 Å². The van der Waals surface area contributed by atoms with Crippen molar-refractivity contribution in [2.75, 3.05) is 13.2 Å². The molecule has 0 atom stereocenters. The van der Waals surface area contributed by atoms with E-state index in [1.54, 1.807) is 38.1 Å². The highest BCUT2D eigenvalue weighted by molar-refractivity contribution is 6.07. The van der Waals surface area contributed by atoms with Crippen LogP contribution in [0.15, 0.2) is 36.4 Å². The van der Waals surface area contributed by atoms with Crippen molar-refractivity contribution < 1.29 is 23.8 Å². The molecule has 5 heteroatoms. The second kappa shape index (κ2) is 6.74. The Balaban J connectivity index is 2.50. The maximum absolute atomic E-state index is 12.0. The minimum absolute atomic E-state index is 0.217. The standard InChI is InChI=1S/C16H16O5/c1-3-19-15(17)12-9-5-7-11-8-6-10-13(14(11)12)21-16(18)20-4-2/h5-10H,3-4H2,1-2H3. The molecule has 0 aliphatic carbocycles. The van der Waals surface area contributed by atoms with E-state index in [1.807, 2.05) is 12.1 Å². The number of hydrogen-bond donors (Lipinski definition) is 0. The molecule has 0 saturated heterocycles. The Labute approximate surface area is 122 Å². The lowest BCUT2D eigenvalue weighted by Crippen LogP contribution is -2.11. The summed E-state index contributed by atoms with van der Waals surface area (Å²) in [5.41, 5.74) is 0.356. The van der Waals surface area contributed by atoms with Crippen LogP contribution in [0.25, 0.3) is 10.8 Å². The van der Waals surface area contributed by atoms with Gasteiger partial charge in [0.2, 0.25) is 0 Å². The summed E-state index contributed by atoms with van der Waals surface area (Å²) in [5, 5.41) is 1.31. The van der Waals surface area contributed by atoms with Crippen LogP contribution in [0.1, 0.15) is 24.2 Å². The molecule has 2 rings (SSSR count). The van der Waals surface area contributed by atoms with Gasteiger partial charge in [0.05, 0.1) is 18.8 Å². The maximum atomic E-state index is 12.0. The highest BCUT2D eigenvalue weighted by atomic mass is 16.7. The third kappa shape index (κ3) is 3.31. The molecule has 0 saturated carbocycles. The number of ether oxygens (including phenoxy) is 3. The van der Waals surface area contributed by atoms with Gasteiger partial charge in [0.1, 0.15) is 5.75 Å². The average Bonchev–Trinajstić information content (AvgIpc) is 2.47. The second-order valence-corrected chi connectivity index (χ2v) is 4.17. The molecule has 0 spiro atoms. The minimum atomic E-state index is -0.802. The summed E-state index contributed by atoms with van der Waals surface area (Å²) in [5.74, 6) is -0.183. The van der Waals surface area contributed by atoms with E-state index in [9.17, 15) is 9.59 Å². The summed E-state index contributed by atoms with van der Waals surface area (Å²) in [6.07, 6.45) is -0.802. The van der Waals surface area contributed by atoms with Crippen molar-refractivity contribution in [1.29, 1.82) is 0 Å². The zero-order valence-corrected chi connectivity index (χ0v) is 11.9. The van der Waals surface area contributed by atoms with E-state index in [-0.39, 0.29) is 19.0 Å². The van der Waals surface area contributed by atoms with Crippen molar-refractivity contribution in [2.24, 2.45) is 0 Å². The highest BCUT2D eigenvalue weighted by Crippen LogP contribution is 2.29. The van der Waals surface area contributed by atoms with Crippen LogP contribution in [0, 0.1) is 0 Å². The van der Waals surface area contributed by atoms with Gasteiger partial charge >= 0.3 is 12.1 Å². The molecule has 2 aromatic rings. The molecule has 0 aliphatic heterocycles. The molecule has 21 heavy (non-hydrogen) atoms. The molecule has 0 fully saturated rings. The fourth-order valence-electron chi connectivity index (χ4n) is 2.01. The van der Waals surface area contributed by atoms with Gasteiger partial charge in [-0.1, -0.05) is 24.3 Å². The zero-order valence-electron chi connectivity index (χ0n) is 11.9. The van der Waals surface area contributed by atoms with Crippen LogP contribution in [0.5, 0.6) is 5.75 Å². The first-order chi connectivity index (χ1) is 10.2. The first kappa shape index (κ1) is 14.8. The molecule has 0 heterocycles. The monoisotopic (exact) mass is 288 g/mol. The lowest BCUT2D eigenvalue weighted by Gasteiger charge is -2.11. The molecular weight excluding hydrogens is 272 g/mol. The summed E-state index contributed by atoms with van der Waals surface area (Å²) in [6, 6.07) is 10.4. The van der Waals surface area contributed by atoms with Gasteiger partial charge in [-0.15, -0.1) is 0 Å². The van der Waals surface area contributed by atoms with Gasteiger partial charge in [0.15, 0.2) is 0 Å². The number of hydrogen-bond acceptors (Lipinski definition) is 5. The lowest BCUT2D eigenvalue weighted by molar-refractivity contribution is 0.0527. The van der Waals surface area contributed by atoms with Crippen molar-refractivity contribution in [3.63, 3.8) is 0 Å². The molecule has 5 nitrogen and oxygen atoms in total. The van der Waals surface area contributed by atoms with E-state index < -0.39 is 12.1 Å². The molecule has 110 valence electrons. The number of fused-ring (bicyclic) bond motifs is 1. The van der Waals surface area contributed by atoms with Crippen molar-refractivity contribution >= 4 is 22.9 Å². The summed E-state index contributed by atoms with van der Waals surface area (Å²) in [6.45, 7) is 3.91. The Bertz CT molecular complexity index is 658. The number of esters is 1. The van der Waals surface area contributed by atoms with Crippen LogP contribution in [-0.2, 0) is 9.47 Å². The molecule has 0 bridgehead atoms. The molecule has 0 aromatic heterocycles. The molecule has 0 amide bonds. The molecule has 0 unspecified atom stereocenters. The predicted molar refractivity (Wildman–Crippen MR) is 77.6 cm³/mol. The van der Waals surface area contributed by atoms with Gasteiger partial charge in [-0.25, -0.2) is 9.59 Å². The van der Waals surface area contributed by atoms with Gasteiger partial charge in [-0.3, -0.25) is 0 Å². The van der Waals surface area contributed by atoms with Crippen molar-refractivity contribution in [1.82, 2.24) is 0 Å². The molecule has 0 N–H and O–H groups in total. The first-order valence-electron chi connectivity index (χ1n) is 6.70. The smallest absolute Gasteiger partial charge is 0.462 e. The van der Waals surface area contributed by atoms with Crippen LogP contribution in [0.2, 0.25) is 0 Å². The van der Waals surface area contributed by atoms with E-state index in [1.165, 1.54) is 0 Å². The molecule has 0 radical (unpaired) electrons. The van der Waals surface area contributed by atoms with Gasteiger partial charge in [0, 0.05) is 5.39 Å². The topological polar surface area (TPSA) is 61.8 Å². The van der Waals surface area contributed by atoms with Crippen LogP contribution in [0.4, 0.5) is 4.79 Å². The number of rotatable bonds is 4. The Hall–Kier alpha value is -2.56. The van der Waals surface area contributed by atoms with Gasteiger partial charge < -0.3 is 14.2 Å². The minimum Gasteiger partial charge on any atom is -0.462 e. The second-order valence-electron chi connectivity index (χ2n) is 4.17. The van der Waals surface area contributed by atoms with Crippen molar-refractivity contribution in [3.8, 4) is 5.75 Å². The highest BCUT2D eigenvalue weighted by Gasteiger charge is 2.16. The average molecular weight is 288 g/mol. The first-order valence-corrected chi connectivity index (χ1v) is 6.70. The number of carbonyl (C=O) groups is 2. The fraction of sp³-hybridized carbons (Fsp3) is 0.250. The van der Waals surface area contributed by atoms with E-state index in [4.69, 9.17) is 14.2 Å². The quantitative estimate of drug-likeness (QED) is 0.636. The predicted octanol–water partition coefficient (Wildman–Crippen LogP) is 3.55. The van der Waals surface area contributed by atoms with Gasteiger partial charge in [0.25, 0.3) is 0 Å². The zero-order chi connectivity index (χ0) is 15.2. The summed E-state index contributed by atoms with van der Waals surface area (Å²) in [7, 11) is 0. The number of carbonyl (C=O) groups excluding carboxylic acids is 2. The van der Waals surface area contributed by atoms with E-state index >= 15 is 0 Å². The number of benzene rings is 2. The summed E-state index contributed by atoms with van der Waals surface area (Å²) in [4.78, 5) is 23.5. The van der Waals surface area contributed by atoms with Crippen molar-refractivity contribution in [2.45, 2.75) is 13.8 Å². The van der Waals surface area contributed by atoms with Crippen LogP contribution in [0.3, 0.4) is 0 Å². The third-order valence-electron chi connectivity index (χ3n) is 2.82. The Morgan fingerprint density at radius 3 is 2.29 bits per heavy atom. The van der Waals surface area contributed by atoms with E-state index in [0.29, 0.717) is 10.9 Å². The van der Waals surface area contributed by atoms with Crippen LogP contribution in [-0.4, -0.2) is 25.3 Å². The van der Waals surface area contributed by atoms with E-state index in [2.05, 4.69) is 0 Å². The largest absolute Gasteiger partial charge is 0.513 e.